The smallest absolute Gasteiger partial charge is 0.0119 e. The van der Waals surface area contributed by atoms with Gasteiger partial charge in [-0.3, -0.25) is 0 Å². The van der Waals surface area contributed by atoms with Crippen molar-refractivity contribution in [1.29, 1.82) is 0 Å². The minimum atomic E-state index is 0.237. The molecular weight excluding hydrogens is 198 g/mol. The fourth-order valence-electron chi connectivity index (χ4n) is 2.53. The minimum absolute atomic E-state index is 0.237. The van der Waals surface area contributed by atoms with Crippen molar-refractivity contribution in [3.63, 3.8) is 0 Å². The van der Waals surface area contributed by atoms with Gasteiger partial charge in [0.15, 0.2) is 0 Å². The second-order valence-corrected chi connectivity index (χ2v) is 6.29. The van der Waals surface area contributed by atoms with Gasteiger partial charge >= 0.3 is 0 Å². The van der Waals surface area contributed by atoms with Crippen molar-refractivity contribution >= 4 is 0 Å². The molecule has 0 bridgehead atoms. The molecule has 1 heterocycles. The van der Waals surface area contributed by atoms with Crippen molar-refractivity contribution in [2.45, 2.75) is 45.7 Å². The number of hydrogen-bond donors (Lipinski definition) is 1. The molecule has 0 radical (unpaired) electrons. The standard InChI is InChI=1S/C13H29N3/c1-11-8-12(6-7-15(11)4)16(5)10-13(2,3)9-14/h11-12H,6-10,14H2,1-5H3. The monoisotopic (exact) mass is 227 g/mol. The maximum absolute atomic E-state index is 5.80. The summed E-state index contributed by atoms with van der Waals surface area (Å²) in [4.78, 5) is 4.97. The first-order valence-electron chi connectivity index (χ1n) is 6.46. The molecule has 1 rings (SSSR count). The molecule has 0 aromatic rings. The first-order chi connectivity index (χ1) is 7.35. The minimum Gasteiger partial charge on any atom is -0.330 e. The number of nitrogens with zero attached hydrogens (tertiary/aromatic N) is 2. The topological polar surface area (TPSA) is 32.5 Å². The highest BCUT2D eigenvalue weighted by Crippen LogP contribution is 2.23. The molecule has 1 saturated heterocycles. The van der Waals surface area contributed by atoms with E-state index in [0.717, 1.165) is 19.1 Å². The normalized spacial score (nSPS) is 28.7. The van der Waals surface area contributed by atoms with Gasteiger partial charge in [0.05, 0.1) is 0 Å². The number of piperidine rings is 1. The third-order valence-corrected chi connectivity index (χ3v) is 4.03. The maximum atomic E-state index is 5.80. The van der Waals surface area contributed by atoms with Gasteiger partial charge < -0.3 is 15.5 Å². The highest BCUT2D eigenvalue weighted by molar-refractivity contribution is 4.84. The van der Waals surface area contributed by atoms with E-state index in [0.29, 0.717) is 6.04 Å². The zero-order chi connectivity index (χ0) is 12.3. The summed E-state index contributed by atoms with van der Waals surface area (Å²) < 4.78 is 0. The van der Waals surface area contributed by atoms with Gasteiger partial charge in [-0.25, -0.2) is 0 Å². The molecule has 3 nitrogen and oxygen atoms in total. The van der Waals surface area contributed by atoms with Crippen molar-refractivity contribution in [3.8, 4) is 0 Å². The summed E-state index contributed by atoms with van der Waals surface area (Å²) in [5, 5.41) is 0. The lowest BCUT2D eigenvalue weighted by atomic mass is 9.90. The van der Waals surface area contributed by atoms with Crippen LogP contribution in [0.5, 0.6) is 0 Å². The molecule has 0 spiro atoms. The van der Waals surface area contributed by atoms with Crippen LogP contribution in [0.2, 0.25) is 0 Å². The van der Waals surface area contributed by atoms with Gasteiger partial charge in [-0.1, -0.05) is 13.8 Å². The summed E-state index contributed by atoms with van der Waals surface area (Å²) in [6.07, 6.45) is 2.58. The largest absolute Gasteiger partial charge is 0.330 e. The first-order valence-corrected chi connectivity index (χ1v) is 6.46. The van der Waals surface area contributed by atoms with E-state index < -0.39 is 0 Å². The van der Waals surface area contributed by atoms with Crippen molar-refractivity contribution in [2.24, 2.45) is 11.1 Å². The Bertz CT molecular complexity index is 215. The van der Waals surface area contributed by atoms with Crippen LogP contribution in [0, 0.1) is 5.41 Å². The Morgan fingerprint density at radius 3 is 2.56 bits per heavy atom. The Balaban J connectivity index is 2.46. The van der Waals surface area contributed by atoms with Crippen LogP contribution in [0.3, 0.4) is 0 Å². The quantitative estimate of drug-likeness (QED) is 0.788. The Morgan fingerprint density at radius 2 is 2.06 bits per heavy atom. The molecule has 0 aromatic heterocycles. The van der Waals surface area contributed by atoms with E-state index >= 15 is 0 Å². The van der Waals surface area contributed by atoms with E-state index in [2.05, 4.69) is 44.7 Å². The lowest BCUT2D eigenvalue weighted by molar-refractivity contribution is 0.0815. The molecular formula is C13H29N3. The van der Waals surface area contributed by atoms with Crippen LogP contribution in [-0.4, -0.2) is 55.6 Å². The van der Waals surface area contributed by atoms with E-state index in [1.807, 2.05) is 0 Å². The zero-order valence-corrected chi connectivity index (χ0v) is 11.7. The third kappa shape index (κ3) is 3.72. The molecule has 0 aliphatic carbocycles. The van der Waals surface area contributed by atoms with Crippen LogP contribution in [0.25, 0.3) is 0 Å². The molecule has 96 valence electrons. The second-order valence-electron chi connectivity index (χ2n) is 6.29. The number of hydrogen-bond acceptors (Lipinski definition) is 3. The summed E-state index contributed by atoms with van der Waals surface area (Å²) in [7, 11) is 4.48. The second kappa shape index (κ2) is 5.48. The predicted octanol–water partition coefficient (Wildman–Crippen LogP) is 1.39. The van der Waals surface area contributed by atoms with Crippen LogP contribution >= 0.6 is 0 Å². The maximum Gasteiger partial charge on any atom is 0.0119 e. The predicted molar refractivity (Wildman–Crippen MR) is 70.6 cm³/mol. The van der Waals surface area contributed by atoms with Gasteiger partial charge in [0.2, 0.25) is 0 Å². The summed E-state index contributed by atoms with van der Waals surface area (Å²) in [5.41, 5.74) is 6.04. The number of nitrogens with two attached hydrogens (primary N) is 1. The Labute approximate surface area is 101 Å². The van der Waals surface area contributed by atoms with Crippen molar-refractivity contribution in [2.75, 3.05) is 33.7 Å². The first kappa shape index (κ1) is 13.9. The molecule has 0 amide bonds. The average molecular weight is 227 g/mol. The molecule has 3 heteroatoms. The van der Waals surface area contributed by atoms with E-state index in [1.165, 1.54) is 19.4 Å². The van der Waals surface area contributed by atoms with Crippen LogP contribution in [0.4, 0.5) is 0 Å². The summed E-state index contributed by atoms with van der Waals surface area (Å²) in [6.45, 7) is 9.92. The van der Waals surface area contributed by atoms with Gasteiger partial charge in [0.25, 0.3) is 0 Å². The van der Waals surface area contributed by atoms with Gasteiger partial charge in [-0.15, -0.1) is 0 Å². The Hall–Kier alpha value is -0.120. The molecule has 2 atom stereocenters. The number of rotatable bonds is 4. The van der Waals surface area contributed by atoms with Gasteiger partial charge in [0, 0.05) is 18.6 Å². The molecule has 1 aliphatic rings. The third-order valence-electron chi connectivity index (χ3n) is 4.03. The molecule has 1 fully saturated rings. The molecule has 2 unspecified atom stereocenters. The van der Waals surface area contributed by atoms with Crippen LogP contribution in [0.1, 0.15) is 33.6 Å². The zero-order valence-electron chi connectivity index (χ0n) is 11.7. The van der Waals surface area contributed by atoms with E-state index in [9.17, 15) is 0 Å². The fourth-order valence-corrected chi connectivity index (χ4v) is 2.53. The summed E-state index contributed by atoms with van der Waals surface area (Å²) in [6, 6.07) is 1.44. The SMILES string of the molecule is CC1CC(N(C)CC(C)(C)CN)CCN1C. The highest BCUT2D eigenvalue weighted by Gasteiger charge is 2.28. The van der Waals surface area contributed by atoms with Crippen molar-refractivity contribution < 1.29 is 0 Å². The van der Waals surface area contributed by atoms with Gasteiger partial charge in [-0.05, 0) is 52.4 Å². The van der Waals surface area contributed by atoms with Crippen LogP contribution < -0.4 is 5.73 Å². The van der Waals surface area contributed by atoms with Crippen LogP contribution in [0.15, 0.2) is 0 Å². The Morgan fingerprint density at radius 1 is 1.44 bits per heavy atom. The lowest BCUT2D eigenvalue weighted by Gasteiger charge is -2.41. The molecule has 0 saturated carbocycles. The van der Waals surface area contributed by atoms with Gasteiger partial charge in [0.1, 0.15) is 0 Å². The number of likely N-dealkylation sites (tertiary alicyclic amines) is 1. The van der Waals surface area contributed by atoms with E-state index in [4.69, 9.17) is 5.73 Å². The average Bonchev–Trinajstić information content (AvgIpc) is 2.21. The lowest BCUT2D eigenvalue weighted by Crippen LogP contribution is -2.49. The van der Waals surface area contributed by atoms with Crippen molar-refractivity contribution in [1.82, 2.24) is 9.80 Å². The molecule has 16 heavy (non-hydrogen) atoms. The van der Waals surface area contributed by atoms with E-state index in [-0.39, 0.29) is 5.41 Å². The summed E-state index contributed by atoms with van der Waals surface area (Å²) in [5.74, 6) is 0. The van der Waals surface area contributed by atoms with Gasteiger partial charge in [-0.2, -0.15) is 0 Å². The molecule has 1 aliphatic heterocycles. The van der Waals surface area contributed by atoms with Crippen LogP contribution in [-0.2, 0) is 0 Å². The fraction of sp³-hybridized carbons (Fsp3) is 1.00. The Kier molecular flexibility index (Phi) is 4.77. The summed E-state index contributed by atoms with van der Waals surface area (Å²) >= 11 is 0. The van der Waals surface area contributed by atoms with Crippen molar-refractivity contribution in [3.05, 3.63) is 0 Å². The molecule has 2 N–H and O–H groups in total. The highest BCUT2D eigenvalue weighted by atomic mass is 15.2. The van der Waals surface area contributed by atoms with E-state index in [1.54, 1.807) is 0 Å². The molecule has 0 aromatic carbocycles.